The molecular weight excluding hydrogens is 234 g/mol. The largest absolute Gasteiger partial charge is 0.508 e. The molecule has 0 spiro atoms. The summed E-state index contributed by atoms with van der Waals surface area (Å²) in [6, 6.07) is 6.68. The summed E-state index contributed by atoms with van der Waals surface area (Å²) in [5.41, 5.74) is 3.19. The molecule has 0 unspecified atom stereocenters. The van der Waals surface area contributed by atoms with Crippen LogP contribution >= 0.6 is 0 Å². The number of hydrogen-bond acceptors (Lipinski definition) is 2. The van der Waals surface area contributed by atoms with E-state index in [4.69, 9.17) is 0 Å². The van der Waals surface area contributed by atoms with Crippen LogP contribution in [-0.4, -0.2) is 29.6 Å². The van der Waals surface area contributed by atoms with Crippen molar-refractivity contribution in [2.75, 3.05) is 13.6 Å². The van der Waals surface area contributed by atoms with Crippen LogP contribution in [0.3, 0.4) is 0 Å². The van der Waals surface area contributed by atoms with Gasteiger partial charge in [0.05, 0.1) is 0 Å². The minimum absolute atomic E-state index is 0.290. The van der Waals surface area contributed by atoms with E-state index in [0.717, 1.165) is 6.42 Å². The highest BCUT2D eigenvalue weighted by atomic mass is 16.3. The van der Waals surface area contributed by atoms with Crippen molar-refractivity contribution in [3.05, 3.63) is 41.5 Å². The zero-order chi connectivity index (χ0) is 13.0. The van der Waals surface area contributed by atoms with Crippen molar-refractivity contribution in [3.63, 3.8) is 0 Å². The van der Waals surface area contributed by atoms with Gasteiger partial charge in [0.1, 0.15) is 5.75 Å². The maximum absolute atomic E-state index is 9.90. The summed E-state index contributed by atoms with van der Waals surface area (Å²) >= 11 is 0. The van der Waals surface area contributed by atoms with Crippen LogP contribution in [0, 0.1) is 5.92 Å². The van der Waals surface area contributed by atoms with Crippen LogP contribution in [0.1, 0.15) is 30.4 Å². The molecule has 1 aromatic rings. The normalized spacial score (nSPS) is 36.7. The Hall–Kier alpha value is -1.28. The molecule has 2 bridgehead atoms. The fourth-order valence-corrected chi connectivity index (χ4v) is 4.70. The van der Waals surface area contributed by atoms with Crippen LogP contribution < -0.4 is 0 Å². The lowest BCUT2D eigenvalue weighted by molar-refractivity contribution is 0.0476. The molecule has 100 valence electrons. The molecule has 0 aromatic heterocycles. The van der Waals surface area contributed by atoms with Gasteiger partial charge in [-0.3, -0.25) is 0 Å². The Bertz CT molecular complexity index is 550. The standard InChI is InChI=1S/C17H21NO/c1-18-9-8-17-7-3-2-4-14(17)16(18)10-12-5-6-13(19)11-15(12)17/h2,4-6,11,14,16,19H,3,7-10H2,1H3/t14-,16+,17+/m0/s1. The van der Waals surface area contributed by atoms with E-state index in [0.29, 0.717) is 17.7 Å². The highest BCUT2D eigenvalue weighted by Gasteiger charge is 2.51. The molecule has 1 aromatic carbocycles. The van der Waals surface area contributed by atoms with Gasteiger partial charge in [-0.25, -0.2) is 0 Å². The predicted molar refractivity (Wildman–Crippen MR) is 76.4 cm³/mol. The first-order valence-corrected chi connectivity index (χ1v) is 7.40. The molecule has 4 rings (SSSR count). The first kappa shape index (κ1) is 11.5. The van der Waals surface area contributed by atoms with Gasteiger partial charge in [-0.2, -0.15) is 0 Å². The average Bonchev–Trinajstić information content (AvgIpc) is 2.43. The zero-order valence-corrected chi connectivity index (χ0v) is 11.5. The molecule has 2 nitrogen and oxygen atoms in total. The molecule has 19 heavy (non-hydrogen) atoms. The number of rotatable bonds is 0. The Morgan fingerprint density at radius 2 is 2.21 bits per heavy atom. The van der Waals surface area contributed by atoms with Gasteiger partial charge in [-0.15, -0.1) is 0 Å². The second-order valence-corrected chi connectivity index (χ2v) is 6.49. The molecule has 2 aliphatic carbocycles. The van der Waals surface area contributed by atoms with Gasteiger partial charge >= 0.3 is 0 Å². The number of fused-ring (bicyclic) bond motifs is 1. The van der Waals surface area contributed by atoms with Gasteiger partial charge < -0.3 is 10.0 Å². The topological polar surface area (TPSA) is 23.5 Å². The summed E-state index contributed by atoms with van der Waals surface area (Å²) in [6.07, 6.45) is 9.60. The lowest BCUT2D eigenvalue weighted by Gasteiger charge is -2.56. The molecule has 1 heterocycles. The smallest absolute Gasteiger partial charge is 0.115 e. The molecule has 0 saturated carbocycles. The Morgan fingerprint density at radius 1 is 1.32 bits per heavy atom. The summed E-state index contributed by atoms with van der Waals surface area (Å²) in [5, 5.41) is 9.90. The predicted octanol–water partition coefficient (Wildman–Crippen LogP) is 2.86. The van der Waals surface area contributed by atoms with Crippen LogP contribution in [-0.2, 0) is 11.8 Å². The summed E-state index contributed by atoms with van der Waals surface area (Å²) in [6.45, 7) is 1.18. The number of likely N-dealkylation sites (tertiary alicyclic amines) is 1. The van der Waals surface area contributed by atoms with E-state index in [1.165, 1.54) is 36.9 Å². The number of nitrogens with zero attached hydrogens (tertiary/aromatic N) is 1. The van der Waals surface area contributed by atoms with E-state index in [1.807, 2.05) is 12.1 Å². The van der Waals surface area contributed by atoms with E-state index in [2.05, 4.69) is 30.2 Å². The van der Waals surface area contributed by atoms with E-state index >= 15 is 0 Å². The summed E-state index contributed by atoms with van der Waals surface area (Å²) < 4.78 is 0. The number of benzene rings is 1. The number of likely N-dealkylation sites (N-methyl/N-ethyl adjacent to an activating group) is 1. The van der Waals surface area contributed by atoms with Gasteiger partial charge in [-0.05, 0) is 62.5 Å². The Kier molecular flexibility index (Phi) is 2.34. The molecule has 1 N–H and O–H groups in total. The van der Waals surface area contributed by atoms with Crippen molar-refractivity contribution >= 4 is 0 Å². The van der Waals surface area contributed by atoms with Crippen LogP contribution in [0.2, 0.25) is 0 Å². The Morgan fingerprint density at radius 3 is 3.11 bits per heavy atom. The lowest BCUT2D eigenvalue weighted by Crippen LogP contribution is -2.58. The molecule has 3 atom stereocenters. The molecule has 0 radical (unpaired) electrons. The van der Waals surface area contributed by atoms with Crippen molar-refractivity contribution in [3.8, 4) is 5.75 Å². The Balaban J connectivity index is 1.94. The molecule has 1 fully saturated rings. The number of phenolic OH excluding ortho intramolecular Hbond substituents is 1. The van der Waals surface area contributed by atoms with Crippen LogP contribution in [0.25, 0.3) is 0 Å². The molecule has 3 aliphatic rings. The number of piperidine rings is 1. The first-order chi connectivity index (χ1) is 9.21. The molecule has 1 saturated heterocycles. The van der Waals surface area contributed by atoms with Crippen molar-refractivity contribution in [2.24, 2.45) is 5.92 Å². The molecular formula is C17H21NO. The minimum Gasteiger partial charge on any atom is -0.508 e. The number of hydrogen-bond donors (Lipinski definition) is 1. The lowest BCUT2D eigenvalue weighted by atomic mass is 9.54. The quantitative estimate of drug-likeness (QED) is 0.721. The van der Waals surface area contributed by atoms with Gasteiger partial charge in [-0.1, -0.05) is 18.2 Å². The van der Waals surface area contributed by atoms with E-state index in [1.54, 1.807) is 0 Å². The molecule has 1 aliphatic heterocycles. The molecule has 2 heteroatoms. The van der Waals surface area contributed by atoms with E-state index < -0.39 is 0 Å². The number of allylic oxidation sites excluding steroid dienone is 1. The van der Waals surface area contributed by atoms with Crippen molar-refractivity contribution in [1.82, 2.24) is 4.90 Å². The monoisotopic (exact) mass is 255 g/mol. The van der Waals surface area contributed by atoms with Gasteiger partial charge in [0.25, 0.3) is 0 Å². The highest BCUT2D eigenvalue weighted by molar-refractivity contribution is 5.46. The maximum atomic E-state index is 9.90. The average molecular weight is 255 g/mol. The summed E-state index contributed by atoms with van der Waals surface area (Å²) in [4.78, 5) is 2.54. The summed E-state index contributed by atoms with van der Waals surface area (Å²) in [7, 11) is 2.27. The fourth-order valence-electron chi connectivity index (χ4n) is 4.70. The van der Waals surface area contributed by atoms with Crippen LogP contribution in [0.5, 0.6) is 5.75 Å². The maximum Gasteiger partial charge on any atom is 0.115 e. The van der Waals surface area contributed by atoms with E-state index in [9.17, 15) is 5.11 Å². The van der Waals surface area contributed by atoms with Gasteiger partial charge in [0, 0.05) is 17.4 Å². The highest BCUT2D eigenvalue weighted by Crippen LogP contribution is 2.53. The van der Waals surface area contributed by atoms with Crippen molar-refractivity contribution in [1.29, 1.82) is 0 Å². The number of aromatic hydroxyl groups is 1. The second kappa shape index (κ2) is 3.86. The second-order valence-electron chi connectivity index (χ2n) is 6.49. The Labute approximate surface area is 114 Å². The third-order valence-corrected chi connectivity index (χ3v) is 5.69. The molecule has 0 amide bonds. The van der Waals surface area contributed by atoms with Crippen molar-refractivity contribution in [2.45, 2.75) is 37.1 Å². The van der Waals surface area contributed by atoms with Crippen LogP contribution in [0.15, 0.2) is 30.4 Å². The van der Waals surface area contributed by atoms with Crippen molar-refractivity contribution < 1.29 is 5.11 Å². The van der Waals surface area contributed by atoms with Gasteiger partial charge in [0.15, 0.2) is 0 Å². The van der Waals surface area contributed by atoms with Gasteiger partial charge in [0.2, 0.25) is 0 Å². The third kappa shape index (κ3) is 1.47. The van der Waals surface area contributed by atoms with E-state index in [-0.39, 0.29) is 5.41 Å². The summed E-state index contributed by atoms with van der Waals surface area (Å²) in [5.74, 6) is 1.06. The SMILES string of the molecule is CN1CC[C@]23CCC=C[C@H]2[C@H]1Cc1ccc(O)cc13. The fraction of sp³-hybridized carbons (Fsp3) is 0.529. The minimum atomic E-state index is 0.290. The zero-order valence-electron chi connectivity index (χ0n) is 11.5. The third-order valence-electron chi connectivity index (χ3n) is 5.69. The first-order valence-electron chi connectivity index (χ1n) is 7.40. The number of phenols is 1. The van der Waals surface area contributed by atoms with Crippen LogP contribution in [0.4, 0.5) is 0 Å².